The summed E-state index contributed by atoms with van der Waals surface area (Å²) >= 11 is 0. The van der Waals surface area contributed by atoms with Gasteiger partial charge in [0, 0.05) is 26.0 Å². The van der Waals surface area contributed by atoms with E-state index in [1.807, 2.05) is 11.9 Å². The van der Waals surface area contributed by atoms with Crippen molar-refractivity contribution in [1.82, 2.24) is 9.97 Å². The highest BCUT2D eigenvalue weighted by molar-refractivity contribution is 5.99. The van der Waals surface area contributed by atoms with E-state index in [0.717, 1.165) is 6.54 Å². The van der Waals surface area contributed by atoms with Crippen LogP contribution in [0.2, 0.25) is 0 Å². The van der Waals surface area contributed by atoms with E-state index in [-0.39, 0.29) is 5.84 Å². The van der Waals surface area contributed by atoms with Crippen LogP contribution >= 0.6 is 0 Å². The predicted molar refractivity (Wildman–Crippen MR) is 62.7 cm³/mol. The smallest absolute Gasteiger partial charge is 0.192 e. The molecule has 6 nitrogen and oxygen atoms in total. The molecule has 0 bridgehead atoms. The van der Waals surface area contributed by atoms with Crippen LogP contribution in [0.5, 0.6) is 0 Å². The van der Waals surface area contributed by atoms with Crippen molar-refractivity contribution in [2.75, 3.05) is 18.5 Å². The molecule has 0 atom stereocenters. The zero-order valence-corrected chi connectivity index (χ0v) is 9.75. The minimum atomic E-state index is -0.0290. The molecule has 0 amide bonds. The van der Waals surface area contributed by atoms with Gasteiger partial charge in [-0.05, 0) is 5.92 Å². The second-order valence-electron chi connectivity index (χ2n) is 3.99. The number of hydrogen-bond acceptors (Lipinski definition) is 5. The zero-order chi connectivity index (χ0) is 12.1. The molecule has 0 aliphatic carbocycles. The Kier molecular flexibility index (Phi) is 4.04. The van der Waals surface area contributed by atoms with E-state index < -0.39 is 0 Å². The Morgan fingerprint density at radius 2 is 2.12 bits per heavy atom. The van der Waals surface area contributed by atoms with Crippen LogP contribution in [-0.2, 0) is 0 Å². The molecule has 1 aromatic rings. The molecule has 0 spiro atoms. The third-order valence-corrected chi connectivity index (χ3v) is 2.03. The Morgan fingerprint density at radius 1 is 1.50 bits per heavy atom. The van der Waals surface area contributed by atoms with Gasteiger partial charge in [0.15, 0.2) is 17.3 Å². The van der Waals surface area contributed by atoms with Gasteiger partial charge in [-0.25, -0.2) is 9.97 Å². The predicted octanol–water partition coefficient (Wildman–Crippen LogP) is 0.663. The van der Waals surface area contributed by atoms with Crippen molar-refractivity contribution >= 4 is 11.7 Å². The van der Waals surface area contributed by atoms with E-state index >= 15 is 0 Å². The van der Waals surface area contributed by atoms with Crippen molar-refractivity contribution in [3.63, 3.8) is 0 Å². The van der Waals surface area contributed by atoms with Gasteiger partial charge in [-0.15, -0.1) is 0 Å². The van der Waals surface area contributed by atoms with Crippen LogP contribution in [0.1, 0.15) is 19.5 Å². The van der Waals surface area contributed by atoms with Gasteiger partial charge >= 0.3 is 0 Å². The van der Waals surface area contributed by atoms with Gasteiger partial charge in [0.25, 0.3) is 0 Å². The summed E-state index contributed by atoms with van der Waals surface area (Å²) < 4.78 is 0. The quantitative estimate of drug-likeness (QED) is 0.339. The monoisotopic (exact) mass is 223 g/mol. The van der Waals surface area contributed by atoms with Gasteiger partial charge in [-0.2, -0.15) is 0 Å². The molecule has 0 aliphatic rings. The fraction of sp³-hybridized carbons (Fsp3) is 0.500. The maximum absolute atomic E-state index is 8.65. The maximum Gasteiger partial charge on any atom is 0.192 e. The SMILES string of the molecule is CC(C)CN(C)c1nccnc1C(N)=NO. The van der Waals surface area contributed by atoms with Crippen LogP contribution in [0, 0.1) is 5.92 Å². The first kappa shape index (κ1) is 12.2. The fourth-order valence-electron chi connectivity index (χ4n) is 1.47. The number of amidine groups is 1. The van der Waals surface area contributed by atoms with Crippen LogP contribution in [-0.4, -0.2) is 34.6 Å². The number of anilines is 1. The fourth-order valence-corrected chi connectivity index (χ4v) is 1.47. The minimum absolute atomic E-state index is 0.0290. The lowest BCUT2D eigenvalue weighted by molar-refractivity contribution is 0.318. The molecular weight excluding hydrogens is 206 g/mol. The normalized spacial score (nSPS) is 11.9. The standard InChI is InChI=1S/C10H17N5O/c1-7(2)6-15(3)10-8(9(11)14-16)12-4-5-13-10/h4-5,7,16H,6H2,1-3H3,(H2,11,14). The van der Waals surface area contributed by atoms with E-state index in [9.17, 15) is 0 Å². The van der Waals surface area contributed by atoms with Crippen LogP contribution in [0.25, 0.3) is 0 Å². The Hall–Kier alpha value is -1.85. The summed E-state index contributed by atoms with van der Waals surface area (Å²) in [5.41, 5.74) is 5.93. The molecule has 3 N–H and O–H groups in total. The molecular formula is C10H17N5O. The van der Waals surface area contributed by atoms with Crippen LogP contribution < -0.4 is 10.6 Å². The number of hydrogen-bond donors (Lipinski definition) is 2. The highest BCUT2D eigenvalue weighted by Gasteiger charge is 2.14. The van der Waals surface area contributed by atoms with Crippen molar-refractivity contribution in [3.8, 4) is 0 Å². The Morgan fingerprint density at radius 3 is 2.69 bits per heavy atom. The molecule has 0 unspecified atom stereocenters. The van der Waals surface area contributed by atoms with Crippen molar-refractivity contribution in [1.29, 1.82) is 0 Å². The molecule has 0 saturated carbocycles. The number of rotatable bonds is 4. The van der Waals surface area contributed by atoms with E-state index in [0.29, 0.717) is 17.4 Å². The second kappa shape index (κ2) is 5.29. The van der Waals surface area contributed by atoms with Crippen LogP contribution in [0.3, 0.4) is 0 Å². The van der Waals surface area contributed by atoms with Gasteiger partial charge in [-0.3, -0.25) is 0 Å². The van der Waals surface area contributed by atoms with Gasteiger partial charge in [0.2, 0.25) is 0 Å². The highest BCUT2D eigenvalue weighted by atomic mass is 16.4. The second-order valence-corrected chi connectivity index (χ2v) is 3.99. The number of aromatic nitrogens is 2. The van der Waals surface area contributed by atoms with Crippen LogP contribution in [0.15, 0.2) is 17.5 Å². The molecule has 0 radical (unpaired) electrons. The zero-order valence-electron chi connectivity index (χ0n) is 9.75. The van der Waals surface area contributed by atoms with Crippen molar-refractivity contribution in [2.24, 2.45) is 16.8 Å². The van der Waals surface area contributed by atoms with Gasteiger partial charge < -0.3 is 15.8 Å². The highest BCUT2D eigenvalue weighted by Crippen LogP contribution is 2.14. The van der Waals surface area contributed by atoms with E-state index in [2.05, 4.69) is 29.0 Å². The summed E-state index contributed by atoms with van der Waals surface area (Å²) in [5.74, 6) is 1.08. The van der Waals surface area contributed by atoms with E-state index in [1.165, 1.54) is 6.20 Å². The molecule has 0 aromatic carbocycles. The summed E-state index contributed by atoms with van der Waals surface area (Å²) in [6.45, 7) is 5.04. The van der Waals surface area contributed by atoms with Crippen molar-refractivity contribution in [3.05, 3.63) is 18.1 Å². The summed E-state index contributed by atoms with van der Waals surface area (Å²) in [6.07, 6.45) is 3.10. The first-order chi connectivity index (χ1) is 7.56. The summed E-state index contributed by atoms with van der Waals surface area (Å²) in [6, 6.07) is 0. The number of oxime groups is 1. The van der Waals surface area contributed by atoms with Crippen molar-refractivity contribution < 1.29 is 5.21 Å². The molecule has 0 saturated heterocycles. The average Bonchev–Trinajstić information content (AvgIpc) is 2.27. The third-order valence-electron chi connectivity index (χ3n) is 2.03. The molecule has 6 heteroatoms. The summed E-state index contributed by atoms with van der Waals surface area (Å²) in [7, 11) is 1.90. The topological polar surface area (TPSA) is 87.6 Å². The molecule has 0 fully saturated rings. The van der Waals surface area contributed by atoms with Gasteiger partial charge in [0.05, 0.1) is 0 Å². The molecule has 1 rings (SSSR count). The first-order valence-corrected chi connectivity index (χ1v) is 5.06. The van der Waals surface area contributed by atoms with Crippen LogP contribution in [0.4, 0.5) is 5.82 Å². The molecule has 0 aliphatic heterocycles. The molecule has 1 aromatic heterocycles. The molecule has 16 heavy (non-hydrogen) atoms. The number of nitrogens with zero attached hydrogens (tertiary/aromatic N) is 4. The minimum Gasteiger partial charge on any atom is -0.409 e. The lowest BCUT2D eigenvalue weighted by Gasteiger charge is -2.21. The van der Waals surface area contributed by atoms with Crippen molar-refractivity contribution in [2.45, 2.75) is 13.8 Å². The third kappa shape index (κ3) is 2.82. The molecule has 88 valence electrons. The Balaban J connectivity index is 3.03. The van der Waals surface area contributed by atoms with Gasteiger partial charge in [0.1, 0.15) is 0 Å². The van der Waals surface area contributed by atoms with E-state index in [4.69, 9.17) is 10.9 Å². The lowest BCUT2D eigenvalue weighted by Crippen LogP contribution is -2.28. The lowest BCUT2D eigenvalue weighted by atomic mass is 10.2. The summed E-state index contributed by atoms with van der Waals surface area (Å²) in [5, 5.41) is 11.6. The summed E-state index contributed by atoms with van der Waals surface area (Å²) in [4.78, 5) is 10.2. The Bertz CT molecular complexity index is 377. The van der Waals surface area contributed by atoms with E-state index in [1.54, 1.807) is 6.20 Å². The van der Waals surface area contributed by atoms with Gasteiger partial charge in [-0.1, -0.05) is 19.0 Å². The maximum atomic E-state index is 8.65. The number of nitrogens with two attached hydrogens (primary N) is 1. The molecule has 1 heterocycles. The Labute approximate surface area is 94.8 Å². The average molecular weight is 223 g/mol. The largest absolute Gasteiger partial charge is 0.409 e. The first-order valence-electron chi connectivity index (χ1n) is 5.06.